The van der Waals surface area contributed by atoms with Gasteiger partial charge in [-0.3, -0.25) is 4.79 Å². The maximum atomic E-state index is 13.2. The first kappa shape index (κ1) is 15.5. The fourth-order valence-electron chi connectivity index (χ4n) is 3.52. The summed E-state index contributed by atoms with van der Waals surface area (Å²) in [4.78, 5) is 14.7. The van der Waals surface area contributed by atoms with E-state index in [0.717, 1.165) is 5.56 Å². The third-order valence-electron chi connectivity index (χ3n) is 5.07. The van der Waals surface area contributed by atoms with Crippen LogP contribution in [0.25, 0.3) is 0 Å². The summed E-state index contributed by atoms with van der Waals surface area (Å²) in [7, 11) is -3.02. The summed E-state index contributed by atoms with van der Waals surface area (Å²) in [5.74, 6) is -0.301. The van der Waals surface area contributed by atoms with E-state index in [9.17, 15) is 17.6 Å². The highest BCUT2D eigenvalue weighted by atomic mass is 32.2. The molecule has 2 fully saturated rings. The van der Waals surface area contributed by atoms with Crippen molar-refractivity contribution in [1.82, 2.24) is 4.90 Å². The van der Waals surface area contributed by atoms with Gasteiger partial charge in [0.2, 0.25) is 5.91 Å². The van der Waals surface area contributed by atoms with E-state index in [2.05, 4.69) is 0 Å². The number of carbonyl (C=O) groups is 1. The molecule has 3 rings (SSSR count). The zero-order chi connectivity index (χ0) is 16.2. The molecule has 1 aromatic rings. The van der Waals surface area contributed by atoms with Crippen LogP contribution in [0.2, 0.25) is 0 Å². The van der Waals surface area contributed by atoms with E-state index < -0.39 is 15.3 Å². The minimum Gasteiger partial charge on any atom is -0.340 e. The zero-order valence-corrected chi connectivity index (χ0v) is 13.6. The van der Waals surface area contributed by atoms with Gasteiger partial charge < -0.3 is 4.90 Å². The number of rotatable bonds is 2. The van der Waals surface area contributed by atoms with Gasteiger partial charge in [-0.2, -0.15) is 0 Å². The quantitative estimate of drug-likeness (QED) is 0.832. The Labute approximate surface area is 130 Å². The Kier molecular flexibility index (Phi) is 3.36. The summed E-state index contributed by atoms with van der Waals surface area (Å²) >= 11 is 0. The molecular formula is C16H20FNO3S. The van der Waals surface area contributed by atoms with Gasteiger partial charge in [-0.05, 0) is 29.5 Å². The lowest BCUT2D eigenvalue weighted by molar-refractivity contribution is -0.134. The smallest absolute Gasteiger partial charge is 0.233 e. The lowest BCUT2D eigenvalue weighted by Crippen LogP contribution is -2.49. The third-order valence-corrected chi connectivity index (χ3v) is 6.68. The largest absolute Gasteiger partial charge is 0.340 e. The number of nitrogens with zero attached hydrogens (tertiary/aromatic N) is 1. The van der Waals surface area contributed by atoms with E-state index in [4.69, 9.17) is 0 Å². The van der Waals surface area contributed by atoms with E-state index in [-0.39, 0.29) is 41.7 Å². The van der Waals surface area contributed by atoms with Crippen LogP contribution < -0.4 is 0 Å². The van der Waals surface area contributed by atoms with Gasteiger partial charge in [0.25, 0.3) is 0 Å². The van der Waals surface area contributed by atoms with Gasteiger partial charge in [0.15, 0.2) is 9.84 Å². The lowest BCUT2D eigenvalue weighted by atomic mass is 9.86. The average Bonchev–Trinajstić information content (AvgIpc) is 3.03. The van der Waals surface area contributed by atoms with Crippen LogP contribution in [0.1, 0.15) is 25.8 Å². The molecule has 4 nitrogen and oxygen atoms in total. The maximum absolute atomic E-state index is 13.2. The standard InChI is InChI=1S/C16H20FNO3S/c1-15(2)11-16(15,12-3-5-13(17)6-4-12)14(19)18-7-9-22(20,21)10-8-18/h3-6H,7-11H2,1-2H3. The highest BCUT2D eigenvalue weighted by Gasteiger charge is 2.68. The topological polar surface area (TPSA) is 54.5 Å². The van der Waals surface area contributed by atoms with Crippen molar-refractivity contribution in [3.8, 4) is 0 Å². The Morgan fingerprint density at radius 3 is 2.09 bits per heavy atom. The van der Waals surface area contributed by atoms with Crippen LogP contribution in [0.5, 0.6) is 0 Å². The Morgan fingerprint density at radius 1 is 1.14 bits per heavy atom. The predicted octanol–water partition coefficient (Wildman–Crippen LogP) is 1.75. The number of carbonyl (C=O) groups excluding carboxylic acids is 1. The highest BCUT2D eigenvalue weighted by Crippen LogP contribution is 2.65. The molecule has 22 heavy (non-hydrogen) atoms. The Morgan fingerprint density at radius 2 is 1.64 bits per heavy atom. The Bertz CT molecular complexity index is 697. The Hall–Kier alpha value is -1.43. The second-order valence-electron chi connectivity index (χ2n) is 6.92. The maximum Gasteiger partial charge on any atom is 0.233 e. The molecule has 1 saturated heterocycles. The van der Waals surface area contributed by atoms with Crippen molar-refractivity contribution in [2.45, 2.75) is 25.7 Å². The summed E-state index contributed by atoms with van der Waals surface area (Å²) in [6, 6.07) is 6.09. The van der Waals surface area contributed by atoms with E-state index in [1.54, 1.807) is 17.0 Å². The van der Waals surface area contributed by atoms with Crippen molar-refractivity contribution in [2.75, 3.05) is 24.6 Å². The molecule has 1 aliphatic heterocycles. The zero-order valence-electron chi connectivity index (χ0n) is 12.8. The summed E-state index contributed by atoms with van der Waals surface area (Å²) in [5.41, 5.74) is -0.0302. The molecule has 2 aliphatic rings. The van der Waals surface area contributed by atoms with Crippen molar-refractivity contribution in [1.29, 1.82) is 0 Å². The highest BCUT2D eigenvalue weighted by molar-refractivity contribution is 7.91. The number of sulfone groups is 1. The normalized spacial score (nSPS) is 29.1. The summed E-state index contributed by atoms with van der Waals surface area (Å²) in [6.45, 7) is 4.55. The van der Waals surface area contributed by atoms with Crippen molar-refractivity contribution < 1.29 is 17.6 Å². The first-order valence-corrected chi connectivity index (χ1v) is 9.26. The van der Waals surface area contributed by atoms with Gasteiger partial charge in [0.1, 0.15) is 5.82 Å². The molecule has 0 N–H and O–H groups in total. The molecule has 0 radical (unpaired) electrons. The number of hydrogen-bond acceptors (Lipinski definition) is 3. The van der Waals surface area contributed by atoms with Gasteiger partial charge in [-0.1, -0.05) is 26.0 Å². The van der Waals surface area contributed by atoms with Gasteiger partial charge in [0.05, 0.1) is 16.9 Å². The van der Waals surface area contributed by atoms with Crippen LogP contribution in [-0.4, -0.2) is 43.8 Å². The molecule has 1 unspecified atom stereocenters. The van der Waals surface area contributed by atoms with Crippen LogP contribution in [-0.2, 0) is 20.0 Å². The SMILES string of the molecule is CC1(C)CC1(C(=O)N1CCS(=O)(=O)CC1)c1ccc(F)cc1. The minimum atomic E-state index is -3.02. The minimum absolute atomic E-state index is 0.0265. The first-order valence-electron chi connectivity index (χ1n) is 7.44. The van der Waals surface area contributed by atoms with Gasteiger partial charge in [-0.25, -0.2) is 12.8 Å². The van der Waals surface area contributed by atoms with Crippen molar-refractivity contribution in [2.24, 2.45) is 5.41 Å². The second-order valence-corrected chi connectivity index (χ2v) is 9.22. The molecular weight excluding hydrogens is 305 g/mol. The number of hydrogen-bond donors (Lipinski definition) is 0. The molecule has 0 spiro atoms. The number of halogens is 1. The predicted molar refractivity (Wildman–Crippen MR) is 81.7 cm³/mol. The molecule has 1 aliphatic carbocycles. The van der Waals surface area contributed by atoms with Crippen LogP contribution in [0.3, 0.4) is 0 Å². The van der Waals surface area contributed by atoms with Crippen molar-refractivity contribution in [3.63, 3.8) is 0 Å². The van der Waals surface area contributed by atoms with E-state index in [1.165, 1.54) is 12.1 Å². The van der Waals surface area contributed by atoms with Crippen LogP contribution in [0, 0.1) is 11.2 Å². The van der Waals surface area contributed by atoms with Gasteiger partial charge in [-0.15, -0.1) is 0 Å². The summed E-state index contributed by atoms with van der Waals surface area (Å²) in [6.07, 6.45) is 0.702. The fourth-order valence-corrected chi connectivity index (χ4v) is 4.72. The Balaban J connectivity index is 1.90. The van der Waals surface area contributed by atoms with E-state index >= 15 is 0 Å². The molecule has 1 aromatic carbocycles. The fraction of sp³-hybridized carbons (Fsp3) is 0.562. The lowest BCUT2D eigenvalue weighted by Gasteiger charge is -2.32. The van der Waals surface area contributed by atoms with Gasteiger partial charge in [0, 0.05) is 13.1 Å². The summed E-state index contributed by atoms with van der Waals surface area (Å²) < 4.78 is 36.2. The molecule has 6 heteroatoms. The second kappa shape index (κ2) is 4.78. The van der Waals surface area contributed by atoms with Crippen LogP contribution >= 0.6 is 0 Å². The number of benzene rings is 1. The average molecular weight is 325 g/mol. The van der Waals surface area contributed by atoms with E-state index in [1.807, 2.05) is 13.8 Å². The molecule has 1 atom stereocenters. The molecule has 0 bridgehead atoms. The first-order chi connectivity index (χ1) is 10.2. The number of amides is 1. The van der Waals surface area contributed by atoms with Gasteiger partial charge >= 0.3 is 0 Å². The van der Waals surface area contributed by atoms with Crippen molar-refractivity contribution in [3.05, 3.63) is 35.6 Å². The molecule has 0 aromatic heterocycles. The van der Waals surface area contributed by atoms with Crippen molar-refractivity contribution >= 4 is 15.7 Å². The van der Waals surface area contributed by atoms with Crippen LogP contribution in [0.15, 0.2) is 24.3 Å². The van der Waals surface area contributed by atoms with E-state index in [0.29, 0.717) is 6.42 Å². The molecule has 1 saturated carbocycles. The van der Waals surface area contributed by atoms with Crippen LogP contribution in [0.4, 0.5) is 4.39 Å². The third kappa shape index (κ3) is 2.33. The molecule has 1 heterocycles. The summed E-state index contributed by atoms with van der Waals surface area (Å²) in [5, 5.41) is 0. The monoisotopic (exact) mass is 325 g/mol. The molecule has 1 amide bonds. The molecule has 120 valence electrons.